The van der Waals surface area contributed by atoms with E-state index >= 15 is 0 Å². The van der Waals surface area contributed by atoms with Crippen LogP contribution in [0.1, 0.15) is 39.0 Å². The van der Waals surface area contributed by atoms with Gasteiger partial charge >= 0.3 is 0 Å². The SMILES string of the molecule is [CH2]C(=C)CCCCCC. The Morgan fingerprint density at radius 1 is 1.22 bits per heavy atom. The lowest BCUT2D eigenvalue weighted by molar-refractivity contribution is 0.668. The molecular weight excluding hydrogens is 108 g/mol. The van der Waals surface area contributed by atoms with E-state index in [4.69, 9.17) is 0 Å². The molecule has 0 N–H and O–H groups in total. The zero-order chi connectivity index (χ0) is 7.11. The zero-order valence-electron chi connectivity index (χ0n) is 6.45. The Bertz CT molecular complexity index is 72.1. The Balaban J connectivity index is 2.83. The Labute approximate surface area is 59.0 Å². The van der Waals surface area contributed by atoms with Gasteiger partial charge in [-0.3, -0.25) is 0 Å². The summed E-state index contributed by atoms with van der Waals surface area (Å²) in [6.45, 7) is 9.70. The van der Waals surface area contributed by atoms with Crippen molar-refractivity contribution in [1.29, 1.82) is 0 Å². The maximum absolute atomic E-state index is 3.74. The quantitative estimate of drug-likeness (QED) is 0.494. The van der Waals surface area contributed by atoms with Gasteiger partial charge in [0.1, 0.15) is 0 Å². The first kappa shape index (κ1) is 8.74. The number of hydrogen-bond donors (Lipinski definition) is 0. The Hall–Kier alpha value is -0.260. The second-order valence-electron chi connectivity index (χ2n) is 2.56. The summed E-state index contributed by atoms with van der Waals surface area (Å²) in [6.07, 6.45) is 6.39. The van der Waals surface area contributed by atoms with Crippen molar-refractivity contribution in [2.24, 2.45) is 0 Å². The first-order valence-electron chi connectivity index (χ1n) is 3.77. The molecule has 1 radical (unpaired) electrons. The van der Waals surface area contributed by atoms with Crippen molar-refractivity contribution in [3.8, 4) is 0 Å². The fourth-order valence-electron chi connectivity index (χ4n) is 0.802. The van der Waals surface area contributed by atoms with E-state index in [0.29, 0.717) is 0 Å². The number of hydrogen-bond acceptors (Lipinski definition) is 0. The lowest BCUT2D eigenvalue weighted by Gasteiger charge is -1.96. The number of rotatable bonds is 5. The van der Waals surface area contributed by atoms with E-state index in [0.717, 1.165) is 12.0 Å². The van der Waals surface area contributed by atoms with E-state index in [-0.39, 0.29) is 0 Å². The predicted molar refractivity (Wildman–Crippen MR) is 43.3 cm³/mol. The highest BCUT2D eigenvalue weighted by atomic mass is 13.9. The molecule has 0 aliphatic rings. The summed E-state index contributed by atoms with van der Waals surface area (Å²) in [7, 11) is 0. The Morgan fingerprint density at radius 3 is 2.33 bits per heavy atom. The molecule has 0 aliphatic heterocycles. The third kappa shape index (κ3) is 7.74. The highest BCUT2D eigenvalue weighted by molar-refractivity contribution is 4.96. The van der Waals surface area contributed by atoms with Gasteiger partial charge in [0.25, 0.3) is 0 Å². The summed E-state index contributed by atoms with van der Waals surface area (Å²) < 4.78 is 0. The smallest absolute Gasteiger partial charge is 0.0286 e. The molecule has 0 atom stereocenters. The van der Waals surface area contributed by atoms with Crippen LogP contribution < -0.4 is 0 Å². The second kappa shape index (κ2) is 5.87. The van der Waals surface area contributed by atoms with Crippen LogP contribution in [0.25, 0.3) is 0 Å². The molecule has 0 fully saturated rings. The van der Waals surface area contributed by atoms with E-state index in [9.17, 15) is 0 Å². The maximum Gasteiger partial charge on any atom is -0.0286 e. The van der Waals surface area contributed by atoms with Crippen LogP contribution in [-0.2, 0) is 0 Å². The molecule has 0 heterocycles. The van der Waals surface area contributed by atoms with Crippen LogP contribution in [0.15, 0.2) is 12.2 Å². The van der Waals surface area contributed by atoms with E-state index in [1.807, 2.05) is 0 Å². The van der Waals surface area contributed by atoms with Gasteiger partial charge in [0.05, 0.1) is 0 Å². The van der Waals surface area contributed by atoms with E-state index < -0.39 is 0 Å². The Morgan fingerprint density at radius 2 is 1.89 bits per heavy atom. The average Bonchev–Trinajstić information content (AvgIpc) is 1.80. The summed E-state index contributed by atoms with van der Waals surface area (Å²) in [4.78, 5) is 0. The minimum atomic E-state index is 1.08. The largest absolute Gasteiger partial charge is 0.0999 e. The summed E-state index contributed by atoms with van der Waals surface area (Å²) in [5.74, 6) is 0. The Kier molecular flexibility index (Phi) is 5.70. The van der Waals surface area contributed by atoms with Gasteiger partial charge in [0.15, 0.2) is 0 Å². The van der Waals surface area contributed by atoms with E-state index in [2.05, 4.69) is 20.4 Å². The van der Waals surface area contributed by atoms with Crippen molar-refractivity contribution >= 4 is 0 Å². The van der Waals surface area contributed by atoms with E-state index in [1.54, 1.807) is 0 Å². The molecule has 9 heavy (non-hydrogen) atoms. The van der Waals surface area contributed by atoms with Crippen LogP contribution in [0, 0.1) is 6.92 Å². The van der Waals surface area contributed by atoms with Crippen molar-refractivity contribution in [2.75, 3.05) is 0 Å². The lowest BCUT2D eigenvalue weighted by Crippen LogP contribution is -1.77. The molecule has 0 spiro atoms. The van der Waals surface area contributed by atoms with Gasteiger partial charge in [0, 0.05) is 0 Å². The maximum atomic E-state index is 3.74. The third-order valence-electron chi connectivity index (χ3n) is 1.38. The molecular formula is C9H17. The first-order chi connectivity index (χ1) is 4.27. The molecule has 0 amide bonds. The van der Waals surface area contributed by atoms with Gasteiger partial charge in [-0.1, -0.05) is 38.3 Å². The van der Waals surface area contributed by atoms with Gasteiger partial charge in [-0.05, 0) is 19.8 Å². The van der Waals surface area contributed by atoms with Crippen LogP contribution in [0.3, 0.4) is 0 Å². The molecule has 0 nitrogen and oxygen atoms in total. The van der Waals surface area contributed by atoms with Crippen molar-refractivity contribution in [3.05, 3.63) is 19.1 Å². The highest BCUT2D eigenvalue weighted by Crippen LogP contribution is 2.06. The topological polar surface area (TPSA) is 0 Å². The molecule has 0 unspecified atom stereocenters. The molecule has 0 saturated carbocycles. The molecule has 0 saturated heterocycles. The summed E-state index contributed by atoms with van der Waals surface area (Å²) in [6, 6.07) is 0. The molecule has 0 aromatic heterocycles. The molecule has 53 valence electrons. The highest BCUT2D eigenvalue weighted by Gasteiger charge is 1.86. The van der Waals surface area contributed by atoms with Crippen LogP contribution in [0.5, 0.6) is 0 Å². The van der Waals surface area contributed by atoms with Crippen LogP contribution in [0.4, 0.5) is 0 Å². The lowest BCUT2D eigenvalue weighted by atomic mass is 10.1. The fraction of sp³-hybridized carbons (Fsp3) is 0.667. The number of allylic oxidation sites excluding steroid dienone is 1. The third-order valence-corrected chi connectivity index (χ3v) is 1.38. The second-order valence-corrected chi connectivity index (χ2v) is 2.56. The van der Waals surface area contributed by atoms with Gasteiger partial charge in [0.2, 0.25) is 0 Å². The van der Waals surface area contributed by atoms with Crippen molar-refractivity contribution < 1.29 is 0 Å². The van der Waals surface area contributed by atoms with Crippen molar-refractivity contribution in [3.63, 3.8) is 0 Å². The average molecular weight is 125 g/mol. The predicted octanol–water partition coefficient (Wildman–Crippen LogP) is 3.35. The van der Waals surface area contributed by atoms with Crippen molar-refractivity contribution in [1.82, 2.24) is 0 Å². The minimum absolute atomic E-state index is 1.08. The van der Waals surface area contributed by atoms with Gasteiger partial charge < -0.3 is 0 Å². The monoisotopic (exact) mass is 125 g/mol. The molecule has 0 rings (SSSR count). The van der Waals surface area contributed by atoms with Gasteiger partial charge in [-0.15, -0.1) is 0 Å². The number of unbranched alkanes of at least 4 members (excludes halogenated alkanes) is 3. The normalized spacial score (nSPS) is 9.56. The summed E-state index contributed by atoms with van der Waals surface area (Å²) >= 11 is 0. The fourth-order valence-corrected chi connectivity index (χ4v) is 0.802. The van der Waals surface area contributed by atoms with Crippen molar-refractivity contribution in [2.45, 2.75) is 39.0 Å². The van der Waals surface area contributed by atoms with E-state index in [1.165, 1.54) is 25.7 Å². The standard InChI is InChI=1S/C9H17/c1-4-5-6-7-8-9(2)3/h2-8H2,1H3. The first-order valence-corrected chi connectivity index (χ1v) is 3.77. The molecule has 0 bridgehead atoms. The summed E-state index contributed by atoms with van der Waals surface area (Å²) in [5.41, 5.74) is 1.08. The molecule has 0 aromatic rings. The van der Waals surface area contributed by atoms with Crippen LogP contribution >= 0.6 is 0 Å². The molecule has 0 aromatic carbocycles. The zero-order valence-corrected chi connectivity index (χ0v) is 6.45. The van der Waals surface area contributed by atoms with Crippen LogP contribution in [-0.4, -0.2) is 0 Å². The summed E-state index contributed by atoms with van der Waals surface area (Å²) in [5, 5.41) is 0. The molecule has 0 aliphatic carbocycles. The van der Waals surface area contributed by atoms with Gasteiger partial charge in [-0.2, -0.15) is 0 Å². The van der Waals surface area contributed by atoms with Crippen LogP contribution in [0.2, 0.25) is 0 Å². The van der Waals surface area contributed by atoms with Gasteiger partial charge in [-0.25, -0.2) is 0 Å². The minimum Gasteiger partial charge on any atom is -0.0999 e. The molecule has 0 heteroatoms.